The molecular weight excluding hydrogens is 264 g/mol. The lowest BCUT2D eigenvalue weighted by Gasteiger charge is -2.11. The van der Waals surface area contributed by atoms with E-state index in [1.165, 1.54) is 0 Å². The minimum atomic E-state index is -0.0870. The molecule has 19 heavy (non-hydrogen) atoms. The van der Waals surface area contributed by atoms with Crippen molar-refractivity contribution in [1.82, 2.24) is 10.2 Å². The van der Waals surface area contributed by atoms with Crippen LogP contribution in [0.1, 0.15) is 11.1 Å². The molecule has 1 aromatic carbocycles. The number of nitrogens with zero attached hydrogens (tertiary/aromatic N) is 1. The van der Waals surface area contributed by atoms with Gasteiger partial charge in [0.25, 0.3) is 5.91 Å². The summed E-state index contributed by atoms with van der Waals surface area (Å²) in [6.07, 6.45) is 0. The number of benzene rings is 1. The molecule has 0 heterocycles. The van der Waals surface area contributed by atoms with Crippen LogP contribution in [0.4, 0.5) is 0 Å². The topological polar surface area (TPSA) is 41.6 Å². The van der Waals surface area contributed by atoms with Crippen molar-refractivity contribution in [3.05, 3.63) is 29.3 Å². The molecule has 1 amide bonds. The molecule has 1 N–H and O–H groups in total. The number of carbonyl (C=O) groups is 1. The van der Waals surface area contributed by atoms with E-state index in [1.807, 2.05) is 45.0 Å². The maximum Gasteiger partial charge on any atom is 0.257 e. The third-order valence-corrected chi connectivity index (χ3v) is 2.45. The van der Waals surface area contributed by atoms with Gasteiger partial charge in [0, 0.05) is 13.1 Å². The number of hydrogen-bond donors (Lipinski definition) is 1. The predicted octanol–water partition coefficient (Wildman–Crippen LogP) is 1.78. The van der Waals surface area contributed by atoms with Crippen LogP contribution in [0.2, 0.25) is 0 Å². The SMILES string of the molecule is Cc1cc(C)cc(OCC(=O)NCCN(C)C)c1.Cl. The van der Waals surface area contributed by atoms with Gasteiger partial charge in [-0.15, -0.1) is 12.4 Å². The average molecular weight is 287 g/mol. The molecule has 4 nitrogen and oxygen atoms in total. The number of amides is 1. The number of hydrogen-bond acceptors (Lipinski definition) is 3. The smallest absolute Gasteiger partial charge is 0.257 e. The second-order valence-electron chi connectivity index (χ2n) is 4.77. The molecule has 0 aromatic heterocycles. The first-order valence-electron chi connectivity index (χ1n) is 6.10. The van der Waals surface area contributed by atoms with Crippen molar-refractivity contribution in [1.29, 1.82) is 0 Å². The highest BCUT2D eigenvalue weighted by Gasteiger charge is 2.03. The first kappa shape index (κ1) is 17.7. The Kier molecular flexibility index (Phi) is 8.19. The Morgan fingerprint density at radius 3 is 2.32 bits per heavy atom. The Balaban J connectivity index is 0.00000324. The highest BCUT2D eigenvalue weighted by atomic mass is 35.5. The summed E-state index contributed by atoms with van der Waals surface area (Å²) in [7, 11) is 3.94. The van der Waals surface area contributed by atoms with Crippen LogP contribution in [0.3, 0.4) is 0 Å². The van der Waals surface area contributed by atoms with Crippen LogP contribution in [0.5, 0.6) is 5.75 Å². The number of likely N-dealkylation sites (N-methyl/N-ethyl adjacent to an activating group) is 1. The molecule has 108 valence electrons. The Morgan fingerprint density at radius 1 is 1.21 bits per heavy atom. The third kappa shape index (κ3) is 7.70. The molecule has 0 saturated carbocycles. The van der Waals surface area contributed by atoms with Gasteiger partial charge in [-0.1, -0.05) is 6.07 Å². The van der Waals surface area contributed by atoms with E-state index in [-0.39, 0.29) is 24.9 Å². The van der Waals surface area contributed by atoms with E-state index in [4.69, 9.17) is 4.74 Å². The zero-order valence-corrected chi connectivity index (χ0v) is 12.8. The lowest BCUT2D eigenvalue weighted by Crippen LogP contribution is -2.34. The van der Waals surface area contributed by atoms with Crippen molar-refractivity contribution in [2.75, 3.05) is 33.8 Å². The Morgan fingerprint density at radius 2 is 1.79 bits per heavy atom. The van der Waals surface area contributed by atoms with E-state index in [0.717, 1.165) is 23.4 Å². The maximum atomic E-state index is 11.5. The van der Waals surface area contributed by atoms with Gasteiger partial charge in [0.1, 0.15) is 5.75 Å². The monoisotopic (exact) mass is 286 g/mol. The first-order valence-corrected chi connectivity index (χ1v) is 6.10. The van der Waals surface area contributed by atoms with Crippen LogP contribution in [-0.2, 0) is 4.79 Å². The number of nitrogens with one attached hydrogen (secondary N) is 1. The van der Waals surface area contributed by atoms with Gasteiger partial charge in [0.05, 0.1) is 0 Å². The fourth-order valence-corrected chi connectivity index (χ4v) is 1.64. The summed E-state index contributed by atoms with van der Waals surface area (Å²) in [5.74, 6) is 0.659. The summed E-state index contributed by atoms with van der Waals surface area (Å²) >= 11 is 0. The van der Waals surface area contributed by atoms with Gasteiger partial charge < -0.3 is 15.0 Å². The quantitative estimate of drug-likeness (QED) is 0.867. The molecule has 0 spiro atoms. The molecule has 0 aliphatic rings. The molecule has 5 heteroatoms. The fraction of sp³-hybridized carbons (Fsp3) is 0.500. The Hall–Kier alpha value is -1.26. The highest BCUT2D eigenvalue weighted by molar-refractivity contribution is 5.85. The molecule has 0 aliphatic heterocycles. The molecule has 0 bridgehead atoms. The van der Waals surface area contributed by atoms with E-state index >= 15 is 0 Å². The van der Waals surface area contributed by atoms with Crippen molar-refractivity contribution in [3.63, 3.8) is 0 Å². The minimum Gasteiger partial charge on any atom is -0.484 e. The molecule has 1 rings (SSSR count). The second kappa shape index (κ2) is 8.77. The summed E-state index contributed by atoms with van der Waals surface area (Å²) in [6, 6.07) is 5.93. The van der Waals surface area contributed by atoms with Crippen molar-refractivity contribution < 1.29 is 9.53 Å². The minimum absolute atomic E-state index is 0. The normalized spacial score (nSPS) is 9.95. The standard InChI is InChI=1S/C14H22N2O2.ClH/c1-11-7-12(2)9-13(8-11)18-10-14(17)15-5-6-16(3)4;/h7-9H,5-6,10H2,1-4H3,(H,15,17);1H. The fourth-order valence-electron chi connectivity index (χ4n) is 1.64. The van der Waals surface area contributed by atoms with Gasteiger partial charge in [-0.2, -0.15) is 0 Å². The van der Waals surface area contributed by atoms with Gasteiger partial charge in [-0.25, -0.2) is 0 Å². The zero-order chi connectivity index (χ0) is 13.5. The van der Waals surface area contributed by atoms with Crippen molar-refractivity contribution in [3.8, 4) is 5.75 Å². The number of carbonyl (C=O) groups excluding carboxylic acids is 1. The van der Waals surface area contributed by atoms with Crippen molar-refractivity contribution in [2.45, 2.75) is 13.8 Å². The molecular formula is C14H23ClN2O2. The molecule has 0 atom stereocenters. The van der Waals surface area contributed by atoms with Gasteiger partial charge in [-0.05, 0) is 51.2 Å². The van der Waals surface area contributed by atoms with E-state index < -0.39 is 0 Å². The van der Waals surface area contributed by atoms with Crippen LogP contribution in [0.15, 0.2) is 18.2 Å². The maximum absolute atomic E-state index is 11.5. The first-order chi connectivity index (χ1) is 8.47. The van der Waals surface area contributed by atoms with Gasteiger partial charge in [-0.3, -0.25) is 4.79 Å². The summed E-state index contributed by atoms with van der Waals surface area (Å²) in [6.45, 7) is 5.56. The predicted molar refractivity (Wildman–Crippen MR) is 80.2 cm³/mol. The van der Waals surface area contributed by atoms with Gasteiger partial charge in [0.15, 0.2) is 6.61 Å². The van der Waals surface area contributed by atoms with Crippen LogP contribution in [0.25, 0.3) is 0 Å². The molecule has 1 aromatic rings. The van der Waals surface area contributed by atoms with Crippen molar-refractivity contribution in [2.24, 2.45) is 0 Å². The van der Waals surface area contributed by atoms with Gasteiger partial charge in [0.2, 0.25) is 0 Å². The lowest BCUT2D eigenvalue weighted by molar-refractivity contribution is -0.123. The average Bonchev–Trinajstić information content (AvgIpc) is 2.24. The highest BCUT2D eigenvalue weighted by Crippen LogP contribution is 2.15. The summed E-state index contributed by atoms with van der Waals surface area (Å²) in [4.78, 5) is 13.5. The molecule has 0 saturated heterocycles. The molecule has 0 unspecified atom stereocenters. The lowest BCUT2D eigenvalue weighted by atomic mass is 10.1. The summed E-state index contributed by atoms with van der Waals surface area (Å²) < 4.78 is 5.46. The third-order valence-electron chi connectivity index (χ3n) is 2.45. The van der Waals surface area contributed by atoms with Gasteiger partial charge >= 0.3 is 0 Å². The summed E-state index contributed by atoms with van der Waals surface area (Å²) in [5, 5.41) is 2.81. The number of rotatable bonds is 6. The van der Waals surface area contributed by atoms with Crippen molar-refractivity contribution >= 4 is 18.3 Å². The molecule has 0 aliphatic carbocycles. The number of aryl methyl sites for hydroxylation is 2. The van der Waals surface area contributed by atoms with E-state index in [2.05, 4.69) is 11.4 Å². The Labute approximate surface area is 121 Å². The Bertz CT molecular complexity index is 388. The van der Waals surface area contributed by atoms with E-state index in [1.54, 1.807) is 0 Å². The van der Waals surface area contributed by atoms with Crippen LogP contribution < -0.4 is 10.1 Å². The van der Waals surface area contributed by atoms with E-state index in [0.29, 0.717) is 6.54 Å². The largest absolute Gasteiger partial charge is 0.484 e. The zero-order valence-electron chi connectivity index (χ0n) is 12.0. The second-order valence-corrected chi connectivity index (χ2v) is 4.77. The van der Waals surface area contributed by atoms with Crippen LogP contribution in [-0.4, -0.2) is 44.6 Å². The van der Waals surface area contributed by atoms with Crippen LogP contribution >= 0.6 is 12.4 Å². The number of halogens is 1. The summed E-state index contributed by atoms with van der Waals surface area (Å²) in [5.41, 5.74) is 2.27. The molecule has 0 radical (unpaired) electrons. The molecule has 0 fully saturated rings. The van der Waals surface area contributed by atoms with Crippen LogP contribution in [0, 0.1) is 13.8 Å². The number of ether oxygens (including phenoxy) is 1. The van der Waals surface area contributed by atoms with E-state index in [9.17, 15) is 4.79 Å².